The van der Waals surface area contributed by atoms with Crippen molar-refractivity contribution in [1.82, 2.24) is 25.1 Å². The van der Waals surface area contributed by atoms with Crippen LogP contribution in [0.15, 0.2) is 54.6 Å². The number of carbonyl (C=O) groups excluding carboxylic acids is 1. The predicted octanol–water partition coefficient (Wildman–Crippen LogP) is 2.57. The first kappa shape index (κ1) is 18.7. The van der Waals surface area contributed by atoms with E-state index in [1.807, 2.05) is 41.3 Å². The number of benzene rings is 2. The summed E-state index contributed by atoms with van der Waals surface area (Å²) in [6.07, 6.45) is 2.55. The number of piperazine rings is 1. The van der Waals surface area contributed by atoms with E-state index >= 15 is 0 Å². The highest BCUT2D eigenvalue weighted by Gasteiger charge is 2.48. The number of amides is 1. The molecule has 2 aromatic carbocycles. The molecule has 1 saturated carbocycles. The average molecular weight is 406 g/mol. The monoisotopic (exact) mass is 406 g/mol. The Hall–Kier alpha value is -3.29. The van der Waals surface area contributed by atoms with Gasteiger partial charge in [0.15, 0.2) is 0 Å². The van der Waals surface area contributed by atoms with Crippen LogP contribution in [0.3, 0.4) is 0 Å². The summed E-state index contributed by atoms with van der Waals surface area (Å²) in [6, 6.07) is 16.3. The van der Waals surface area contributed by atoms with E-state index in [2.05, 4.69) is 20.4 Å². The standard InChI is InChI=1S/C22H23FN6O/c23-18-7-4-6-17(16-18)22(10-5-11-22)20(30)27-12-14-28(15-13-27)21-24-25-26-29(21)19-8-2-1-3-9-19/h1-4,6-9,16H,5,10-15H2. The fourth-order valence-corrected chi connectivity index (χ4v) is 4.47. The van der Waals surface area contributed by atoms with Crippen molar-refractivity contribution in [3.05, 3.63) is 66.0 Å². The molecule has 1 aromatic heterocycles. The van der Waals surface area contributed by atoms with E-state index in [0.29, 0.717) is 32.1 Å². The minimum absolute atomic E-state index is 0.113. The number of rotatable bonds is 4. The molecule has 0 radical (unpaired) electrons. The molecular formula is C22H23FN6O. The van der Waals surface area contributed by atoms with Crippen LogP contribution in [0.2, 0.25) is 0 Å². The fraction of sp³-hybridized carbons (Fsp3) is 0.364. The van der Waals surface area contributed by atoms with Gasteiger partial charge in [0.05, 0.1) is 11.1 Å². The van der Waals surface area contributed by atoms with Crippen molar-refractivity contribution in [3.63, 3.8) is 0 Å². The van der Waals surface area contributed by atoms with Gasteiger partial charge in [-0.2, -0.15) is 4.68 Å². The van der Waals surface area contributed by atoms with E-state index in [4.69, 9.17) is 0 Å². The van der Waals surface area contributed by atoms with Gasteiger partial charge in [0.1, 0.15) is 5.82 Å². The maximum absolute atomic E-state index is 13.8. The molecule has 0 unspecified atom stereocenters. The molecule has 2 heterocycles. The van der Waals surface area contributed by atoms with Gasteiger partial charge in [0.25, 0.3) is 0 Å². The molecule has 8 heteroatoms. The SMILES string of the molecule is O=C(N1CCN(c2nnnn2-c2ccccc2)CC1)C1(c2cccc(F)c2)CCC1. The van der Waals surface area contributed by atoms with Gasteiger partial charge in [0, 0.05) is 26.2 Å². The van der Waals surface area contributed by atoms with E-state index in [-0.39, 0.29) is 11.7 Å². The average Bonchev–Trinajstić information content (AvgIpc) is 3.24. The summed E-state index contributed by atoms with van der Waals surface area (Å²) in [5.74, 6) is 0.502. The minimum atomic E-state index is -0.574. The zero-order valence-corrected chi connectivity index (χ0v) is 16.6. The summed E-state index contributed by atoms with van der Waals surface area (Å²) in [4.78, 5) is 17.5. The predicted molar refractivity (Wildman–Crippen MR) is 110 cm³/mol. The van der Waals surface area contributed by atoms with Gasteiger partial charge in [-0.15, -0.1) is 0 Å². The van der Waals surface area contributed by atoms with Crippen molar-refractivity contribution in [2.45, 2.75) is 24.7 Å². The topological polar surface area (TPSA) is 67.2 Å². The Balaban J connectivity index is 1.31. The summed E-state index contributed by atoms with van der Waals surface area (Å²) in [6.45, 7) is 2.49. The number of aromatic nitrogens is 4. The minimum Gasteiger partial charge on any atom is -0.338 e. The fourth-order valence-electron chi connectivity index (χ4n) is 4.47. The summed E-state index contributed by atoms with van der Waals surface area (Å²) in [7, 11) is 0. The van der Waals surface area contributed by atoms with Gasteiger partial charge in [-0.25, -0.2) is 4.39 Å². The third-order valence-corrected chi connectivity index (χ3v) is 6.30. The number of nitrogens with zero attached hydrogens (tertiary/aromatic N) is 6. The van der Waals surface area contributed by atoms with E-state index in [9.17, 15) is 9.18 Å². The number of tetrazole rings is 1. The van der Waals surface area contributed by atoms with Gasteiger partial charge in [-0.3, -0.25) is 4.79 Å². The molecule has 0 spiro atoms. The van der Waals surface area contributed by atoms with Crippen LogP contribution >= 0.6 is 0 Å². The zero-order valence-electron chi connectivity index (χ0n) is 16.6. The lowest BCUT2D eigenvalue weighted by Crippen LogP contribution is -2.57. The van der Waals surface area contributed by atoms with E-state index in [1.165, 1.54) is 12.1 Å². The Labute approximate surface area is 174 Å². The van der Waals surface area contributed by atoms with Crippen molar-refractivity contribution >= 4 is 11.9 Å². The molecule has 154 valence electrons. The lowest BCUT2D eigenvalue weighted by atomic mass is 9.63. The van der Waals surface area contributed by atoms with Crippen LogP contribution in [0.4, 0.5) is 10.3 Å². The Morgan fingerprint density at radius 1 is 0.967 bits per heavy atom. The first-order valence-electron chi connectivity index (χ1n) is 10.3. The first-order chi connectivity index (χ1) is 14.7. The number of carbonyl (C=O) groups is 1. The largest absolute Gasteiger partial charge is 0.338 e. The van der Waals surface area contributed by atoms with Crippen LogP contribution in [0.5, 0.6) is 0 Å². The second-order valence-corrected chi connectivity index (χ2v) is 7.95. The molecule has 1 amide bonds. The molecule has 1 aliphatic heterocycles. The molecule has 1 aliphatic carbocycles. The van der Waals surface area contributed by atoms with Crippen molar-refractivity contribution in [2.24, 2.45) is 0 Å². The molecule has 1 saturated heterocycles. The second-order valence-electron chi connectivity index (χ2n) is 7.95. The summed E-state index contributed by atoms with van der Waals surface area (Å²) in [5.41, 5.74) is 1.13. The molecule has 30 heavy (non-hydrogen) atoms. The lowest BCUT2D eigenvalue weighted by molar-refractivity contribution is -0.141. The number of halogens is 1. The van der Waals surface area contributed by atoms with Crippen molar-refractivity contribution in [2.75, 3.05) is 31.1 Å². The number of anilines is 1. The quantitative estimate of drug-likeness (QED) is 0.666. The molecule has 5 rings (SSSR count). The van der Waals surface area contributed by atoms with Crippen LogP contribution < -0.4 is 4.90 Å². The van der Waals surface area contributed by atoms with Gasteiger partial charge in [-0.1, -0.05) is 41.9 Å². The van der Waals surface area contributed by atoms with Crippen LogP contribution in [0.1, 0.15) is 24.8 Å². The summed E-state index contributed by atoms with van der Waals surface area (Å²) >= 11 is 0. The molecule has 0 atom stereocenters. The van der Waals surface area contributed by atoms with Gasteiger partial charge < -0.3 is 9.80 Å². The molecule has 7 nitrogen and oxygen atoms in total. The van der Waals surface area contributed by atoms with Crippen molar-refractivity contribution in [1.29, 1.82) is 0 Å². The second kappa shape index (κ2) is 7.51. The van der Waals surface area contributed by atoms with Crippen LogP contribution in [0.25, 0.3) is 5.69 Å². The summed E-state index contributed by atoms with van der Waals surface area (Å²) < 4.78 is 15.5. The van der Waals surface area contributed by atoms with E-state index in [0.717, 1.165) is 30.5 Å². The van der Waals surface area contributed by atoms with Gasteiger partial charge in [-0.05, 0) is 53.1 Å². The number of hydrogen-bond acceptors (Lipinski definition) is 5. The first-order valence-corrected chi connectivity index (χ1v) is 10.3. The highest BCUT2D eigenvalue weighted by atomic mass is 19.1. The molecule has 2 aliphatic rings. The highest BCUT2D eigenvalue weighted by Crippen LogP contribution is 2.45. The van der Waals surface area contributed by atoms with Gasteiger partial charge >= 0.3 is 0 Å². The van der Waals surface area contributed by atoms with E-state index < -0.39 is 5.41 Å². The third-order valence-electron chi connectivity index (χ3n) is 6.30. The van der Waals surface area contributed by atoms with Crippen molar-refractivity contribution in [3.8, 4) is 5.69 Å². The maximum Gasteiger partial charge on any atom is 0.250 e. The van der Waals surface area contributed by atoms with Crippen molar-refractivity contribution < 1.29 is 9.18 Å². The Bertz CT molecular complexity index is 1040. The molecule has 0 bridgehead atoms. The van der Waals surface area contributed by atoms with Crippen LogP contribution in [-0.4, -0.2) is 57.2 Å². The Kier molecular flexibility index (Phi) is 4.69. The molecule has 0 N–H and O–H groups in total. The Morgan fingerprint density at radius 3 is 2.40 bits per heavy atom. The van der Waals surface area contributed by atoms with Crippen LogP contribution in [-0.2, 0) is 10.2 Å². The molecule has 2 fully saturated rings. The Morgan fingerprint density at radius 2 is 1.73 bits per heavy atom. The number of hydrogen-bond donors (Lipinski definition) is 0. The lowest BCUT2D eigenvalue weighted by Gasteiger charge is -2.46. The molecular weight excluding hydrogens is 383 g/mol. The molecule has 3 aromatic rings. The normalized spacial score (nSPS) is 18.2. The van der Waals surface area contributed by atoms with E-state index in [1.54, 1.807) is 10.7 Å². The summed E-state index contributed by atoms with van der Waals surface area (Å²) in [5, 5.41) is 12.2. The van der Waals surface area contributed by atoms with Crippen LogP contribution in [0, 0.1) is 5.82 Å². The zero-order chi connectivity index (χ0) is 20.6. The highest BCUT2D eigenvalue weighted by molar-refractivity contribution is 5.89. The van der Waals surface area contributed by atoms with Gasteiger partial charge in [0.2, 0.25) is 11.9 Å². The smallest absolute Gasteiger partial charge is 0.250 e. The third kappa shape index (κ3) is 3.12. The number of para-hydroxylation sites is 1. The maximum atomic E-state index is 13.8.